The molecule has 24 heavy (non-hydrogen) atoms. The van der Waals surface area contributed by atoms with Crippen molar-refractivity contribution in [1.29, 1.82) is 5.26 Å². The van der Waals surface area contributed by atoms with Crippen molar-refractivity contribution in [2.75, 3.05) is 18.5 Å². The Labute approximate surface area is 146 Å². The predicted molar refractivity (Wildman–Crippen MR) is 97.7 cm³/mol. The maximum atomic E-state index is 8.71. The maximum absolute atomic E-state index is 8.71. The summed E-state index contributed by atoms with van der Waals surface area (Å²) in [5.74, 6) is 3.00. The van der Waals surface area contributed by atoms with Gasteiger partial charge in [-0.25, -0.2) is 0 Å². The Kier molecular flexibility index (Phi) is 4.26. The van der Waals surface area contributed by atoms with Crippen LogP contribution in [0.25, 0.3) is 0 Å². The fourth-order valence-electron chi connectivity index (χ4n) is 5.83. The molecule has 1 aromatic carbocycles. The van der Waals surface area contributed by atoms with E-state index in [0.29, 0.717) is 12.0 Å². The predicted octanol–water partition coefficient (Wildman–Crippen LogP) is 4.09. The van der Waals surface area contributed by atoms with Gasteiger partial charge in [0.15, 0.2) is 0 Å². The first-order valence-corrected chi connectivity index (χ1v) is 9.58. The molecule has 0 spiro atoms. The molecule has 0 aliphatic heterocycles. The number of hydrogen-bond donors (Lipinski definition) is 1. The molecular weight excluding hydrogens is 294 g/mol. The van der Waals surface area contributed by atoms with Crippen molar-refractivity contribution in [2.45, 2.75) is 57.0 Å². The Balaban J connectivity index is 1.35. The standard InChI is InChI=1S/C21H29N3/c1-24(8-2-7-22)20-5-3-16(4-6-20)15-23-21-12-17-9-18(13-21)11-19(10-17)14-21/h3-6,17-19,23H,2,8-15H2,1H3. The van der Waals surface area contributed by atoms with Crippen LogP contribution in [0.4, 0.5) is 5.69 Å². The number of nitriles is 1. The van der Waals surface area contributed by atoms with Gasteiger partial charge in [-0.1, -0.05) is 12.1 Å². The molecule has 0 radical (unpaired) electrons. The van der Waals surface area contributed by atoms with E-state index in [4.69, 9.17) is 5.26 Å². The normalized spacial score (nSPS) is 33.4. The molecule has 1 aromatic rings. The fourth-order valence-corrected chi connectivity index (χ4v) is 5.83. The Morgan fingerprint density at radius 2 is 1.67 bits per heavy atom. The average Bonchev–Trinajstić information content (AvgIpc) is 2.57. The molecule has 4 saturated carbocycles. The highest BCUT2D eigenvalue weighted by atomic mass is 15.1. The van der Waals surface area contributed by atoms with Gasteiger partial charge < -0.3 is 10.2 Å². The lowest BCUT2D eigenvalue weighted by atomic mass is 9.53. The summed E-state index contributed by atoms with van der Waals surface area (Å²) in [6.45, 7) is 1.79. The third kappa shape index (κ3) is 3.17. The second kappa shape index (κ2) is 6.41. The van der Waals surface area contributed by atoms with Crippen LogP contribution in [0.5, 0.6) is 0 Å². The summed E-state index contributed by atoms with van der Waals surface area (Å²) in [7, 11) is 2.06. The lowest BCUT2D eigenvalue weighted by Gasteiger charge is -2.57. The molecule has 4 bridgehead atoms. The second-order valence-electron chi connectivity index (χ2n) is 8.55. The second-order valence-corrected chi connectivity index (χ2v) is 8.55. The van der Waals surface area contributed by atoms with Crippen molar-refractivity contribution < 1.29 is 0 Å². The van der Waals surface area contributed by atoms with Crippen LogP contribution in [0.2, 0.25) is 0 Å². The molecule has 128 valence electrons. The van der Waals surface area contributed by atoms with E-state index in [2.05, 4.69) is 47.6 Å². The zero-order chi connectivity index (χ0) is 16.6. The number of hydrogen-bond acceptors (Lipinski definition) is 3. The molecule has 0 saturated heterocycles. The van der Waals surface area contributed by atoms with Crippen LogP contribution in [0.1, 0.15) is 50.5 Å². The molecule has 0 unspecified atom stereocenters. The Hall–Kier alpha value is -1.53. The zero-order valence-corrected chi connectivity index (χ0v) is 14.8. The Bertz CT molecular complexity index is 578. The summed E-state index contributed by atoms with van der Waals surface area (Å²) >= 11 is 0. The van der Waals surface area contributed by atoms with E-state index in [-0.39, 0.29) is 0 Å². The largest absolute Gasteiger partial charge is 0.374 e. The molecule has 0 heterocycles. The minimum Gasteiger partial charge on any atom is -0.374 e. The van der Waals surface area contributed by atoms with Crippen molar-refractivity contribution in [3.63, 3.8) is 0 Å². The first kappa shape index (κ1) is 16.0. The highest BCUT2D eigenvalue weighted by molar-refractivity contribution is 5.46. The van der Waals surface area contributed by atoms with E-state index < -0.39 is 0 Å². The molecule has 5 rings (SSSR count). The van der Waals surface area contributed by atoms with Gasteiger partial charge >= 0.3 is 0 Å². The highest BCUT2D eigenvalue weighted by Crippen LogP contribution is 2.55. The Morgan fingerprint density at radius 1 is 1.08 bits per heavy atom. The van der Waals surface area contributed by atoms with Gasteiger partial charge in [-0.15, -0.1) is 0 Å². The number of rotatable bonds is 6. The molecule has 4 fully saturated rings. The molecule has 4 aliphatic carbocycles. The quantitative estimate of drug-likeness (QED) is 0.857. The van der Waals surface area contributed by atoms with Crippen LogP contribution in [-0.2, 0) is 6.54 Å². The van der Waals surface area contributed by atoms with Crippen LogP contribution in [0.3, 0.4) is 0 Å². The van der Waals surface area contributed by atoms with Crippen LogP contribution in [0, 0.1) is 29.1 Å². The lowest BCUT2D eigenvalue weighted by Crippen LogP contribution is -2.58. The molecular formula is C21H29N3. The smallest absolute Gasteiger partial charge is 0.0640 e. The van der Waals surface area contributed by atoms with E-state index in [1.807, 2.05) is 0 Å². The van der Waals surface area contributed by atoms with E-state index in [9.17, 15) is 0 Å². The van der Waals surface area contributed by atoms with Crippen molar-refractivity contribution in [3.8, 4) is 6.07 Å². The van der Waals surface area contributed by atoms with Crippen molar-refractivity contribution in [2.24, 2.45) is 17.8 Å². The van der Waals surface area contributed by atoms with Crippen LogP contribution >= 0.6 is 0 Å². The van der Waals surface area contributed by atoms with Gasteiger partial charge in [-0.2, -0.15) is 5.26 Å². The molecule has 0 atom stereocenters. The van der Waals surface area contributed by atoms with Gasteiger partial charge in [0.05, 0.1) is 12.5 Å². The minimum atomic E-state index is 0.441. The van der Waals surface area contributed by atoms with Crippen LogP contribution < -0.4 is 10.2 Å². The van der Waals surface area contributed by atoms with E-state index >= 15 is 0 Å². The summed E-state index contributed by atoms with van der Waals surface area (Å²) in [5.41, 5.74) is 3.02. The van der Waals surface area contributed by atoms with Gasteiger partial charge in [-0.3, -0.25) is 0 Å². The van der Waals surface area contributed by atoms with Gasteiger partial charge in [-0.05, 0) is 74.0 Å². The molecule has 3 nitrogen and oxygen atoms in total. The molecule has 3 heteroatoms. The van der Waals surface area contributed by atoms with Crippen LogP contribution in [-0.4, -0.2) is 19.1 Å². The third-order valence-corrected chi connectivity index (χ3v) is 6.64. The van der Waals surface area contributed by atoms with Crippen molar-refractivity contribution >= 4 is 5.69 Å². The Morgan fingerprint density at radius 3 is 2.21 bits per heavy atom. The molecule has 1 N–H and O–H groups in total. The topological polar surface area (TPSA) is 39.1 Å². The SMILES string of the molecule is CN(CCC#N)c1ccc(CNC23CC4CC(CC(C4)C2)C3)cc1. The zero-order valence-electron chi connectivity index (χ0n) is 14.8. The number of anilines is 1. The fraction of sp³-hybridized carbons (Fsp3) is 0.667. The van der Waals surface area contributed by atoms with Crippen molar-refractivity contribution in [3.05, 3.63) is 29.8 Å². The summed E-state index contributed by atoms with van der Waals surface area (Å²) in [6.07, 6.45) is 9.32. The lowest BCUT2D eigenvalue weighted by molar-refractivity contribution is -0.0206. The van der Waals surface area contributed by atoms with E-state index in [1.165, 1.54) is 49.8 Å². The third-order valence-electron chi connectivity index (χ3n) is 6.64. The number of benzene rings is 1. The van der Waals surface area contributed by atoms with Gasteiger partial charge in [0, 0.05) is 31.4 Å². The summed E-state index contributed by atoms with van der Waals surface area (Å²) in [6, 6.07) is 11.1. The average molecular weight is 323 g/mol. The highest BCUT2D eigenvalue weighted by Gasteiger charge is 2.50. The van der Waals surface area contributed by atoms with Gasteiger partial charge in [0.25, 0.3) is 0 Å². The minimum absolute atomic E-state index is 0.441. The number of nitrogens with zero attached hydrogens (tertiary/aromatic N) is 2. The first-order chi connectivity index (χ1) is 11.7. The number of nitrogens with one attached hydrogen (secondary N) is 1. The molecule has 0 aromatic heterocycles. The maximum Gasteiger partial charge on any atom is 0.0640 e. The van der Waals surface area contributed by atoms with E-state index in [1.54, 1.807) is 0 Å². The van der Waals surface area contributed by atoms with Crippen LogP contribution in [0.15, 0.2) is 24.3 Å². The van der Waals surface area contributed by atoms with Gasteiger partial charge in [0.1, 0.15) is 0 Å². The summed E-state index contributed by atoms with van der Waals surface area (Å²) in [5, 5.41) is 12.7. The van der Waals surface area contributed by atoms with Crippen molar-refractivity contribution in [1.82, 2.24) is 5.32 Å². The molecule has 0 amide bonds. The first-order valence-electron chi connectivity index (χ1n) is 9.58. The van der Waals surface area contributed by atoms with E-state index in [0.717, 1.165) is 30.8 Å². The molecule has 4 aliphatic rings. The summed E-state index contributed by atoms with van der Waals surface area (Å²) < 4.78 is 0. The monoisotopic (exact) mass is 323 g/mol. The summed E-state index contributed by atoms with van der Waals surface area (Å²) in [4.78, 5) is 2.15. The van der Waals surface area contributed by atoms with Gasteiger partial charge in [0.2, 0.25) is 0 Å².